The van der Waals surface area contributed by atoms with Gasteiger partial charge in [0.25, 0.3) is 5.91 Å². The zero-order valence-corrected chi connectivity index (χ0v) is 17.0. The minimum atomic E-state index is -3.86. The second kappa shape index (κ2) is 8.86. The molecular weight excluding hydrogens is 422 g/mol. The van der Waals surface area contributed by atoms with E-state index in [1.54, 1.807) is 18.2 Å². The van der Waals surface area contributed by atoms with Crippen LogP contribution >= 0.6 is 0 Å². The Morgan fingerprint density at radius 3 is 2.39 bits per heavy atom. The van der Waals surface area contributed by atoms with E-state index in [2.05, 4.69) is 0 Å². The number of rotatable bonds is 7. The van der Waals surface area contributed by atoms with E-state index in [4.69, 9.17) is 25.8 Å². The predicted octanol–water partition coefficient (Wildman–Crippen LogP) is 2.03. The highest BCUT2D eigenvalue weighted by atomic mass is 32.2. The third-order valence-corrected chi connectivity index (χ3v) is 5.24. The van der Waals surface area contributed by atoms with Crippen LogP contribution in [0.3, 0.4) is 0 Å². The van der Waals surface area contributed by atoms with Crippen molar-refractivity contribution in [3.05, 3.63) is 77.8 Å². The van der Waals surface area contributed by atoms with E-state index in [1.807, 2.05) is 0 Å². The summed E-state index contributed by atoms with van der Waals surface area (Å²) in [5.41, 5.74) is 13.1. The van der Waals surface area contributed by atoms with E-state index in [-0.39, 0.29) is 22.8 Å². The molecule has 0 aliphatic rings. The molecule has 3 aromatic rings. The molecule has 1 heterocycles. The summed E-state index contributed by atoms with van der Waals surface area (Å²) in [5, 5.41) is 5.11. The van der Waals surface area contributed by atoms with Gasteiger partial charge in [-0.15, -0.1) is 0 Å². The summed E-state index contributed by atoms with van der Waals surface area (Å²) in [6, 6.07) is 12.1. The van der Waals surface area contributed by atoms with Gasteiger partial charge < -0.3 is 20.6 Å². The number of nitrogens with two attached hydrogens (primary N) is 3. The first-order valence-electron chi connectivity index (χ1n) is 8.89. The molecule has 0 aliphatic heterocycles. The largest absolute Gasteiger partial charge is 0.466 e. The Balaban J connectivity index is 1.90. The van der Waals surface area contributed by atoms with Gasteiger partial charge in [0.1, 0.15) is 12.4 Å². The average molecular weight is 441 g/mol. The maximum atomic E-state index is 11.9. The quantitative estimate of drug-likeness (QED) is 0.286. The zero-order valence-electron chi connectivity index (χ0n) is 16.1. The van der Waals surface area contributed by atoms with Crippen LogP contribution < -0.4 is 16.6 Å². The van der Waals surface area contributed by atoms with E-state index in [1.165, 1.54) is 48.7 Å². The molecule has 9 nitrogen and oxygen atoms in total. The van der Waals surface area contributed by atoms with Crippen LogP contribution in [0.15, 0.2) is 70.2 Å². The highest BCUT2D eigenvalue weighted by molar-refractivity contribution is 7.89. The van der Waals surface area contributed by atoms with Gasteiger partial charge in [0, 0.05) is 11.6 Å². The molecule has 10 heteroatoms. The fourth-order valence-electron chi connectivity index (χ4n) is 2.79. The molecule has 0 fully saturated rings. The summed E-state index contributed by atoms with van der Waals surface area (Å²) in [6.07, 6.45) is 4.10. The molecule has 0 atom stereocenters. The normalized spacial score (nSPS) is 11.5. The van der Waals surface area contributed by atoms with Crippen LogP contribution in [0.2, 0.25) is 0 Å². The molecule has 3 rings (SSSR count). The van der Waals surface area contributed by atoms with Crippen molar-refractivity contribution in [2.75, 3.05) is 5.73 Å². The first kappa shape index (κ1) is 21.8. The molecular formula is C21H19N3O6S. The third-order valence-electron chi connectivity index (χ3n) is 4.31. The van der Waals surface area contributed by atoms with Gasteiger partial charge in [0.15, 0.2) is 0 Å². The van der Waals surface area contributed by atoms with Crippen molar-refractivity contribution in [2.45, 2.75) is 11.5 Å². The standard InChI is InChI=1S/C21H19N3O6S/c22-20-17(14-4-6-16(7-5-14)31(24,27)28)10-13(11-18(20)21(23)26)3-8-19(25)30-12-15-2-1-9-29-15/h1-11H,12,22H2,(H2,23,26)(H2,24,27,28)/b8-3+. The van der Waals surface area contributed by atoms with E-state index in [0.717, 1.165) is 0 Å². The fraction of sp³-hybridized carbons (Fsp3) is 0.0476. The molecule has 0 unspecified atom stereocenters. The number of carbonyl (C=O) groups excluding carboxylic acids is 2. The molecule has 6 N–H and O–H groups in total. The predicted molar refractivity (Wildman–Crippen MR) is 114 cm³/mol. The lowest BCUT2D eigenvalue weighted by Crippen LogP contribution is -2.14. The maximum Gasteiger partial charge on any atom is 0.331 e. The van der Waals surface area contributed by atoms with Crippen molar-refractivity contribution in [3.8, 4) is 11.1 Å². The van der Waals surface area contributed by atoms with E-state index < -0.39 is 21.9 Å². The molecule has 0 bridgehead atoms. The highest BCUT2D eigenvalue weighted by Crippen LogP contribution is 2.31. The van der Waals surface area contributed by atoms with Crippen LogP contribution in [0.4, 0.5) is 5.69 Å². The number of furan rings is 1. The summed E-state index contributed by atoms with van der Waals surface area (Å²) in [4.78, 5) is 23.7. The second-order valence-corrected chi connectivity index (χ2v) is 8.05. The van der Waals surface area contributed by atoms with Crippen molar-refractivity contribution in [3.63, 3.8) is 0 Å². The maximum absolute atomic E-state index is 11.9. The summed E-state index contributed by atoms with van der Waals surface area (Å²) in [7, 11) is -3.86. The number of hydrogen-bond donors (Lipinski definition) is 3. The number of nitrogen functional groups attached to an aromatic ring is 1. The van der Waals surface area contributed by atoms with Crippen molar-refractivity contribution in [1.82, 2.24) is 0 Å². The van der Waals surface area contributed by atoms with Gasteiger partial charge in [-0.2, -0.15) is 0 Å². The Labute approximate surface area is 178 Å². The Bertz CT molecular complexity index is 1250. The Morgan fingerprint density at radius 2 is 1.81 bits per heavy atom. The van der Waals surface area contributed by atoms with Crippen LogP contribution in [0.5, 0.6) is 0 Å². The molecule has 2 aromatic carbocycles. The first-order valence-corrected chi connectivity index (χ1v) is 10.4. The average Bonchev–Trinajstić information content (AvgIpc) is 3.24. The van der Waals surface area contributed by atoms with Crippen molar-refractivity contribution in [2.24, 2.45) is 10.9 Å². The molecule has 31 heavy (non-hydrogen) atoms. The number of hydrogen-bond acceptors (Lipinski definition) is 7. The molecule has 0 saturated carbocycles. The van der Waals surface area contributed by atoms with Gasteiger partial charge in [-0.05, 0) is 53.6 Å². The van der Waals surface area contributed by atoms with Crippen molar-refractivity contribution >= 4 is 33.7 Å². The highest BCUT2D eigenvalue weighted by Gasteiger charge is 2.15. The number of amides is 1. The molecule has 1 aromatic heterocycles. The van der Waals surface area contributed by atoms with Gasteiger partial charge in [-0.1, -0.05) is 12.1 Å². The van der Waals surface area contributed by atoms with Crippen LogP contribution in [0.1, 0.15) is 21.7 Å². The summed E-state index contributed by atoms with van der Waals surface area (Å²) >= 11 is 0. The number of primary amides is 1. The Morgan fingerprint density at radius 1 is 1.10 bits per heavy atom. The number of primary sulfonamides is 1. The molecule has 0 saturated heterocycles. The lowest BCUT2D eigenvalue weighted by atomic mass is 9.96. The Hall–Kier alpha value is -3.89. The number of ether oxygens (including phenoxy) is 1. The van der Waals surface area contributed by atoms with Gasteiger partial charge in [-0.25, -0.2) is 18.4 Å². The topological polar surface area (TPSA) is 169 Å². The monoisotopic (exact) mass is 441 g/mol. The van der Waals surface area contributed by atoms with Crippen LogP contribution in [-0.4, -0.2) is 20.3 Å². The van der Waals surface area contributed by atoms with Gasteiger partial charge in [-0.3, -0.25) is 4.79 Å². The number of benzene rings is 2. The first-order chi connectivity index (χ1) is 14.6. The molecule has 1 amide bonds. The van der Waals surface area contributed by atoms with E-state index in [0.29, 0.717) is 22.5 Å². The smallest absolute Gasteiger partial charge is 0.331 e. The minimum Gasteiger partial charge on any atom is -0.466 e. The van der Waals surface area contributed by atoms with Crippen molar-refractivity contribution in [1.29, 1.82) is 0 Å². The van der Waals surface area contributed by atoms with Gasteiger partial charge in [0.05, 0.1) is 22.4 Å². The van der Waals surface area contributed by atoms with E-state index >= 15 is 0 Å². The lowest BCUT2D eigenvalue weighted by Gasteiger charge is -2.12. The molecule has 0 radical (unpaired) electrons. The van der Waals surface area contributed by atoms with E-state index in [9.17, 15) is 18.0 Å². The number of sulfonamides is 1. The fourth-order valence-corrected chi connectivity index (χ4v) is 3.30. The molecule has 0 aliphatic carbocycles. The van der Waals surface area contributed by atoms with Gasteiger partial charge >= 0.3 is 5.97 Å². The SMILES string of the molecule is NC(=O)c1cc(/C=C/C(=O)OCc2ccco2)cc(-c2ccc(S(N)(=O)=O)cc2)c1N. The van der Waals surface area contributed by atoms with Crippen LogP contribution in [0.25, 0.3) is 17.2 Å². The lowest BCUT2D eigenvalue weighted by molar-refractivity contribution is -0.139. The summed E-state index contributed by atoms with van der Waals surface area (Å²) in [6.45, 7) is -0.0217. The second-order valence-electron chi connectivity index (χ2n) is 6.48. The third kappa shape index (κ3) is 5.38. The zero-order chi connectivity index (χ0) is 22.6. The molecule has 160 valence electrons. The van der Waals surface area contributed by atoms with Crippen LogP contribution in [0, 0.1) is 0 Å². The molecule has 0 spiro atoms. The number of esters is 1. The minimum absolute atomic E-state index is 0.0217. The summed E-state index contributed by atoms with van der Waals surface area (Å²) < 4.78 is 33.1. The van der Waals surface area contributed by atoms with Gasteiger partial charge in [0.2, 0.25) is 10.0 Å². The van der Waals surface area contributed by atoms with Crippen LogP contribution in [-0.2, 0) is 26.2 Å². The number of carbonyl (C=O) groups is 2. The summed E-state index contributed by atoms with van der Waals surface area (Å²) in [5.74, 6) is -0.876. The Kier molecular flexibility index (Phi) is 6.23. The number of anilines is 1. The van der Waals surface area contributed by atoms with Crippen molar-refractivity contribution < 1.29 is 27.2 Å².